The van der Waals surface area contributed by atoms with E-state index in [-0.39, 0.29) is 16.9 Å². The maximum absolute atomic E-state index is 11.9. The molecule has 0 spiro atoms. The van der Waals surface area contributed by atoms with Crippen LogP contribution in [0.3, 0.4) is 0 Å². The number of carbonyl (C=O) groups excluding carboxylic acids is 3. The van der Waals surface area contributed by atoms with Gasteiger partial charge in [0, 0.05) is 7.05 Å². The van der Waals surface area contributed by atoms with Gasteiger partial charge in [0.1, 0.15) is 6.10 Å². The number of rotatable bonds is 6. The topological polar surface area (TPSA) is 96.0 Å². The van der Waals surface area contributed by atoms with E-state index >= 15 is 0 Å². The summed E-state index contributed by atoms with van der Waals surface area (Å²) < 4.78 is 10.8. The summed E-state index contributed by atoms with van der Waals surface area (Å²) in [5.74, 6) is -1.10. The van der Waals surface area contributed by atoms with E-state index in [1.165, 1.54) is 14.0 Å². The van der Waals surface area contributed by atoms with E-state index in [0.29, 0.717) is 22.8 Å². The SMILES string of the molecule is CCOc1cc(/C=C2\SC(=O)N(C)C2=O)ccc1O[C@@H](C)C(=O)[O-]. The average Bonchev–Trinajstić information content (AvgIpc) is 2.77. The molecule has 0 unspecified atom stereocenters. The zero-order valence-corrected chi connectivity index (χ0v) is 14.2. The minimum absolute atomic E-state index is 0.259. The molecule has 0 N–H and O–H groups in total. The van der Waals surface area contributed by atoms with Gasteiger partial charge in [-0.3, -0.25) is 14.5 Å². The number of hydrogen-bond donors (Lipinski definition) is 0. The van der Waals surface area contributed by atoms with Crippen LogP contribution < -0.4 is 14.6 Å². The number of amides is 2. The molecule has 1 saturated heterocycles. The van der Waals surface area contributed by atoms with E-state index in [4.69, 9.17) is 9.47 Å². The van der Waals surface area contributed by atoms with E-state index in [9.17, 15) is 19.5 Å². The van der Waals surface area contributed by atoms with Crippen LogP contribution in [0.15, 0.2) is 23.1 Å². The van der Waals surface area contributed by atoms with Crippen molar-refractivity contribution >= 4 is 35.0 Å². The molecule has 1 aromatic carbocycles. The maximum atomic E-state index is 11.9. The van der Waals surface area contributed by atoms with Crippen molar-refractivity contribution in [2.24, 2.45) is 0 Å². The highest BCUT2D eigenvalue weighted by Crippen LogP contribution is 2.34. The van der Waals surface area contributed by atoms with Gasteiger partial charge in [0.15, 0.2) is 11.5 Å². The van der Waals surface area contributed by atoms with Crippen LogP contribution in [-0.4, -0.2) is 41.8 Å². The summed E-state index contributed by atoms with van der Waals surface area (Å²) in [5, 5.41) is 10.5. The van der Waals surface area contributed by atoms with Gasteiger partial charge < -0.3 is 19.4 Å². The summed E-state index contributed by atoms with van der Waals surface area (Å²) in [6, 6.07) is 4.81. The van der Waals surface area contributed by atoms with Gasteiger partial charge in [-0.1, -0.05) is 6.07 Å². The van der Waals surface area contributed by atoms with Crippen LogP contribution in [0.2, 0.25) is 0 Å². The number of aliphatic carboxylic acids is 1. The molecule has 24 heavy (non-hydrogen) atoms. The molecule has 1 heterocycles. The Morgan fingerprint density at radius 2 is 2.08 bits per heavy atom. The lowest BCUT2D eigenvalue weighted by Gasteiger charge is -2.18. The van der Waals surface area contributed by atoms with Crippen LogP contribution >= 0.6 is 11.8 Å². The molecule has 0 saturated carbocycles. The lowest BCUT2D eigenvalue weighted by atomic mass is 10.2. The first-order valence-electron chi connectivity index (χ1n) is 7.19. The molecule has 1 atom stereocenters. The fourth-order valence-corrected chi connectivity index (χ4v) is 2.74. The third-order valence-electron chi connectivity index (χ3n) is 3.19. The number of ether oxygens (including phenoxy) is 2. The molecule has 8 heteroatoms. The Balaban J connectivity index is 2.30. The smallest absolute Gasteiger partial charge is 0.293 e. The zero-order valence-electron chi connectivity index (χ0n) is 13.4. The van der Waals surface area contributed by atoms with Gasteiger partial charge in [0.2, 0.25) is 0 Å². The molecule has 1 aliphatic rings. The van der Waals surface area contributed by atoms with Crippen molar-refractivity contribution in [2.75, 3.05) is 13.7 Å². The normalized spacial score (nSPS) is 17.3. The third kappa shape index (κ3) is 3.88. The van der Waals surface area contributed by atoms with E-state index in [1.54, 1.807) is 31.2 Å². The van der Waals surface area contributed by atoms with Crippen LogP contribution in [0.5, 0.6) is 11.5 Å². The minimum atomic E-state index is -1.34. The Kier molecular flexibility index (Phi) is 5.50. The van der Waals surface area contributed by atoms with Crippen LogP contribution in [0.1, 0.15) is 19.4 Å². The van der Waals surface area contributed by atoms with E-state index in [2.05, 4.69) is 0 Å². The first kappa shape index (κ1) is 17.9. The van der Waals surface area contributed by atoms with E-state index < -0.39 is 12.1 Å². The second kappa shape index (κ2) is 7.39. The first-order chi connectivity index (χ1) is 11.3. The Morgan fingerprint density at radius 3 is 2.62 bits per heavy atom. The van der Waals surface area contributed by atoms with Gasteiger partial charge in [0.25, 0.3) is 11.1 Å². The van der Waals surface area contributed by atoms with Gasteiger partial charge in [0.05, 0.1) is 17.5 Å². The molecule has 2 rings (SSSR count). The lowest BCUT2D eigenvalue weighted by Crippen LogP contribution is -2.37. The predicted molar refractivity (Wildman–Crippen MR) is 86.4 cm³/mol. The summed E-state index contributed by atoms with van der Waals surface area (Å²) in [6.07, 6.45) is 0.440. The number of carbonyl (C=O) groups is 3. The quantitative estimate of drug-likeness (QED) is 0.713. The minimum Gasteiger partial charge on any atom is -0.546 e. The van der Waals surface area contributed by atoms with E-state index in [1.807, 2.05) is 0 Å². The molecular formula is C16H16NO6S-. The van der Waals surface area contributed by atoms with Crippen LogP contribution in [0, 0.1) is 0 Å². The summed E-state index contributed by atoms with van der Waals surface area (Å²) in [7, 11) is 1.42. The number of thioether (sulfide) groups is 1. The highest BCUT2D eigenvalue weighted by atomic mass is 32.2. The van der Waals surface area contributed by atoms with Crippen molar-refractivity contribution in [3.05, 3.63) is 28.7 Å². The first-order valence-corrected chi connectivity index (χ1v) is 8.01. The predicted octanol–water partition coefficient (Wildman–Crippen LogP) is 1.27. The van der Waals surface area contributed by atoms with Crippen LogP contribution in [0.4, 0.5) is 4.79 Å². The molecule has 128 valence electrons. The molecule has 2 amide bonds. The second-order valence-corrected chi connectivity index (χ2v) is 5.95. The third-order valence-corrected chi connectivity index (χ3v) is 4.15. The Morgan fingerprint density at radius 1 is 1.38 bits per heavy atom. The van der Waals surface area contributed by atoms with Gasteiger partial charge in [-0.15, -0.1) is 0 Å². The van der Waals surface area contributed by atoms with Crippen LogP contribution in [-0.2, 0) is 9.59 Å². The summed E-state index contributed by atoms with van der Waals surface area (Å²) >= 11 is 0.855. The van der Waals surface area contributed by atoms with Crippen molar-refractivity contribution in [1.29, 1.82) is 0 Å². The Labute approximate surface area is 143 Å². The van der Waals surface area contributed by atoms with Crippen molar-refractivity contribution < 1.29 is 29.0 Å². The van der Waals surface area contributed by atoms with Gasteiger partial charge in [-0.05, 0) is 49.4 Å². The van der Waals surface area contributed by atoms with Gasteiger partial charge in [-0.2, -0.15) is 0 Å². The summed E-state index contributed by atoms with van der Waals surface area (Å²) in [6.45, 7) is 3.49. The number of imide groups is 1. The maximum Gasteiger partial charge on any atom is 0.293 e. The number of likely N-dealkylation sites (N-methyl/N-ethyl adjacent to an activating group) is 1. The lowest BCUT2D eigenvalue weighted by molar-refractivity contribution is -0.312. The number of hydrogen-bond acceptors (Lipinski definition) is 7. The van der Waals surface area contributed by atoms with E-state index in [0.717, 1.165) is 16.7 Å². The van der Waals surface area contributed by atoms with Crippen molar-refractivity contribution in [3.8, 4) is 11.5 Å². The summed E-state index contributed by atoms with van der Waals surface area (Å²) in [4.78, 5) is 35.6. The zero-order chi connectivity index (χ0) is 17.9. The number of carboxylic acid groups (broad SMARTS) is 1. The molecule has 1 aliphatic heterocycles. The van der Waals surface area contributed by atoms with Gasteiger partial charge >= 0.3 is 0 Å². The fraction of sp³-hybridized carbons (Fsp3) is 0.312. The molecular weight excluding hydrogens is 334 g/mol. The largest absolute Gasteiger partial charge is 0.546 e. The molecule has 7 nitrogen and oxygen atoms in total. The monoisotopic (exact) mass is 350 g/mol. The van der Waals surface area contributed by atoms with Crippen LogP contribution in [0.25, 0.3) is 6.08 Å². The van der Waals surface area contributed by atoms with Gasteiger partial charge in [-0.25, -0.2) is 0 Å². The van der Waals surface area contributed by atoms with Crippen molar-refractivity contribution in [1.82, 2.24) is 4.90 Å². The number of benzene rings is 1. The Bertz CT molecular complexity index is 715. The Hall–Kier alpha value is -2.48. The molecule has 0 radical (unpaired) electrons. The molecule has 0 aliphatic carbocycles. The standard InChI is InChI=1S/C16H17NO6S/c1-4-22-12-7-10(5-6-11(12)23-9(2)15(19)20)8-13-14(18)17(3)16(21)24-13/h5-9H,4H2,1-3H3,(H,19,20)/p-1/b13-8-/t9-/m0/s1. The van der Waals surface area contributed by atoms with Crippen molar-refractivity contribution in [3.63, 3.8) is 0 Å². The molecule has 0 aromatic heterocycles. The summed E-state index contributed by atoms with van der Waals surface area (Å²) in [5.41, 5.74) is 0.630. The second-order valence-electron chi connectivity index (χ2n) is 4.96. The molecule has 1 aromatic rings. The fourth-order valence-electron chi connectivity index (χ4n) is 1.92. The van der Waals surface area contributed by atoms with Crippen molar-refractivity contribution in [2.45, 2.75) is 20.0 Å². The highest BCUT2D eigenvalue weighted by Gasteiger charge is 2.31. The number of nitrogens with zero attached hydrogens (tertiary/aromatic N) is 1. The highest BCUT2D eigenvalue weighted by molar-refractivity contribution is 8.18. The number of carboxylic acids is 1. The molecule has 0 bridgehead atoms. The average molecular weight is 350 g/mol. The molecule has 1 fully saturated rings.